The zero-order valence-electron chi connectivity index (χ0n) is 17.9. The van der Waals surface area contributed by atoms with E-state index < -0.39 is 9.84 Å². The second kappa shape index (κ2) is 11.4. The first-order valence-corrected chi connectivity index (χ1v) is 12.5. The van der Waals surface area contributed by atoms with E-state index in [4.69, 9.17) is 0 Å². The number of aliphatic hydroxyl groups is 1. The van der Waals surface area contributed by atoms with E-state index in [0.29, 0.717) is 31.4 Å². The second-order valence-electron chi connectivity index (χ2n) is 7.94. The van der Waals surface area contributed by atoms with Gasteiger partial charge in [-0.25, -0.2) is 13.4 Å². The van der Waals surface area contributed by atoms with E-state index in [1.54, 1.807) is 0 Å². The maximum Gasteiger partial charge on any atom is 0.191 e. The third-order valence-corrected chi connectivity index (χ3v) is 6.22. The Morgan fingerprint density at radius 2 is 1.93 bits per heavy atom. The number of anilines is 1. The third-order valence-electron chi connectivity index (χ3n) is 5.24. The number of sulfone groups is 1. The van der Waals surface area contributed by atoms with E-state index >= 15 is 0 Å². The molecule has 1 atom stereocenters. The molecule has 1 aliphatic heterocycles. The van der Waals surface area contributed by atoms with Crippen LogP contribution in [-0.4, -0.2) is 63.8 Å². The van der Waals surface area contributed by atoms with Gasteiger partial charge in [0.1, 0.15) is 9.84 Å². The zero-order valence-corrected chi connectivity index (χ0v) is 18.7. The van der Waals surface area contributed by atoms with Crippen LogP contribution in [0.25, 0.3) is 0 Å². The number of hydrogen-bond acceptors (Lipinski definition) is 5. The summed E-state index contributed by atoms with van der Waals surface area (Å²) in [6.07, 6.45) is 3.89. The predicted molar refractivity (Wildman–Crippen MR) is 120 cm³/mol. The largest absolute Gasteiger partial charge is 0.396 e. The van der Waals surface area contributed by atoms with Gasteiger partial charge < -0.3 is 20.6 Å². The lowest BCUT2D eigenvalue weighted by Gasteiger charge is -2.32. The van der Waals surface area contributed by atoms with Gasteiger partial charge in [-0.05, 0) is 56.7 Å². The van der Waals surface area contributed by atoms with Crippen LogP contribution >= 0.6 is 0 Å². The fraction of sp³-hybridized carbons (Fsp3) is 0.667. The molecule has 3 N–H and O–H groups in total. The standard InChI is InChI=1S/C21H36N4O3S/c1-4-22-21(24-17(2)11-14-29(3,27)28)23-15-18-5-7-20(8-6-18)25-12-9-19(16-26)10-13-25/h5-8,17,19,26H,4,9-16H2,1-3H3,(H2,22,23,24). The fourth-order valence-corrected chi connectivity index (χ4v) is 4.15. The molecule has 1 saturated heterocycles. The molecule has 0 saturated carbocycles. The van der Waals surface area contributed by atoms with E-state index in [9.17, 15) is 13.5 Å². The molecule has 1 fully saturated rings. The minimum absolute atomic E-state index is 0.0201. The van der Waals surface area contributed by atoms with Crippen molar-refractivity contribution in [3.63, 3.8) is 0 Å². The van der Waals surface area contributed by atoms with Crippen molar-refractivity contribution in [3.05, 3.63) is 29.8 Å². The molecule has 2 rings (SSSR count). The van der Waals surface area contributed by atoms with E-state index in [-0.39, 0.29) is 11.8 Å². The van der Waals surface area contributed by atoms with Crippen molar-refractivity contribution in [2.24, 2.45) is 10.9 Å². The highest BCUT2D eigenvalue weighted by Gasteiger charge is 2.18. The summed E-state index contributed by atoms with van der Waals surface area (Å²) in [6, 6.07) is 8.51. The second-order valence-corrected chi connectivity index (χ2v) is 10.2. The van der Waals surface area contributed by atoms with Gasteiger partial charge >= 0.3 is 0 Å². The molecule has 164 valence electrons. The smallest absolute Gasteiger partial charge is 0.191 e. The summed E-state index contributed by atoms with van der Waals surface area (Å²) < 4.78 is 22.7. The number of hydrogen-bond donors (Lipinski definition) is 3. The monoisotopic (exact) mass is 424 g/mol. The molecule has 0 aliphatic carbocycles. The van der Waals surface area contributed by atoms with Crippen LogP contribution in [0.5, 0.6) is 0 Å². The maximum absolute atomic E-state index is 11.3. The Bertz CT molecular complexity index is 742. The van der Waals surface area contributed by atoms with E-state index in [0.717, 1.165) is 38.0 Å². The van der Waals surface area contributed by atoms with Crippen LogP contribution in [0.15, 0.2) is 29.3 Å². The number of nitrogens with one attached hydrogen (secondary N) is 2. The Morgan fingerprint density at radius 1 is 1.28 bits per heavy atom. The Labute approximate surface area is 175 Å². The molecule has 0 amide bonds. The van der Waals surface area contributed by atoms with Gasteiger partial charge in [0.05, 0.1) is 12.3 Å². The van der Waals surface area contributed by atoms with Crippen molar-refractivity contribution in [1.82, 2.24) is 10.6 Å². The molecule has 29 heavy (non-hydrogen) atoms. The molecule has 0 bridgehead atoms. The fourth-order valence-electron chi connectivity index (χ4n) is 3.37. The lowest BCUT2D eigenvalue weighted by molar-refractivity contribution is 0.203. The first kappa shape index (κ1) is 23.5. The summed E-state index contributed by atoms with van der Waals surface area (Å²) in [6.45, 7) is 7.54. The molecule has 0 aromatic heterocycles. The quantitative estimate of drug-likeness (QED) is 0.413. The minimum atomic E-state index is -2.96. The third kappa shape index (κ3) is 8.62. The topological polar surface area (TPSA) is 94.0 Å². The normalized spacial score (nSPS) is 17.2. The average Bonchev–Trinajstić information content (AvgIpc) is 2.71. The maximum atomic E-state index is 11.3. The van der Waals surface area contributed by atoms with Gasteiger partial charge in [-0.2, -0.15) is 0 Å². The number of rotatable bonds is 9. The Kier molecular flexibility index (Phi) is 9.23. The van der Waals surface area contributed by atoms with Crippen LogP contribution in [0, 0.1) is 5.92 Å². The predicted octanol–water partition coefficient (Wildman–Crippen LogP) is 1.77. The summed E-state index contributed by atoms with van der Waals surface area (Å²) in [5.74, 6) is 1.30. The van der Waals surface area contributed by atoms with Gasteiger partial charge in [-0.3, -0.25) is 0 Å². The molecule has 0 radical (unpaired) electrons. The highest BCUT2D eigenvalue weighted by molar-refractivity contribution is 7.90. The molecular weight excluding hydrogens is 388 g/mol. The summed E-state index contributed by atoms with van der Waals surface area (Å²) in [5.41, 5.74) is 2.34. The summed E-state index contributed by atoms with van der Waals surface area (Å²) >= 11 is 0. The van der Waals surface area contributed by atoms with Gasteiger partial charge in [0.15, 0.2) is 5.96 Å². The molecule has 0 spiro atoms. The Hall–Kier alpha value is -1.80. The van der Waals surface area contributed by atoms with Gasteiger partial charge in [0.25, 0.3) is 0 Å². The molecular formula is C21H36N4O3S. The van der Waals surface area contributed by atoms with Crippen LogP contribution < -0.4 is 15.5 Å². The molecule has 1 heterocycles. The van der Waals surface area contributed by atoms with Crippen molar-refractivity contribution in [2.75, 3.05) is 43.1 Å². The number of piperidine rings is 1. The van der Waals surface area contributed by atoms with Gasteiger partial charge in [-0.15, -0.1) is 0 Å². The van der Waals surface area contributed by atoms with Crippen molar-refractivity contribution >= 4 is 21.5 Å². The summed E-state index contributed by atoms with van der Waals surface area (Å²) in [5, 5.41) is 15.8. The lowest BCUT2D eigenvalue weighted by Crippen LogP contribution is -2.42. The molecule has 1 unspecified atom stereocenters. The first-order chi connectivity index (χ1) is 13.8. The molecule has 7 nitrogen and oxygen atoms in total. The number of guanidine groups is 1. The molecule has 1 aliphatic rings. The van der Waals surface area contributed by atoms with Crippen LogP contribution in [0.1, 0.15) is 38.7 Å². The Morgan fingerprint density at radius 3 is 2.48 bits per heavy atom. The van der Waals surface area contributed by atoms with Crippen molar-refractivity contribution < 1.29 is 13.5 Å². The minimum Gasteiger partial charge on any atom is -0.396 e. The van der Waals surface area contributed by atoms with E-state index in [1.165, 1.54) is 11.9 Å². The van der Waals surface area contributed by atoms with Gasteiger partial charge in [-0.1, -0.05) is 12.1 Å². The summed E-state index contributed by atoms with van der Waals surface area (Å²) in [7, 11) is -2.96. The van der Waals surface area contributed by atoms with Gasteiger partial charge in [0.2, 0.25) is 0 Å². The molecule has 8 heteroatoms. The number of aliphatic imine (C=N–C) groups is 1. The number of aliphatic hydroxyl groups excluding tert-OH is 1. The van der Waals surface area contributed by atoms with E-state index in [1.807, 2.05) is 13.8 Å². The van der Waals surface area contributed by atoms with Crippen LogP contribution in [-0.2, 0) is 16.4 Å². The van der Waals surface area contributed by atoms with E-state index in [2.05, 4.69) is 44.8 Å². The van der Waals surface area contributed by atoms with Crippen molar-refractivity contribution in [1.29, 1.82) is 0 Å². The van der Waals surface area contributed by atoms with Crippen LogP contribution in [0.4, 0.5) is 5.69 Å². The Balaban J connectivity index is 1.89. The number of nitrogens with zero attached hydrogens (tertiary/aromatic N) is 2. The SMILES string of the molecule is CCNC(=NCc1ccc(N2CCC(CO)CC2)cc1)NC(C)CCS(C)(=O)=O. The highest BCUT2D eigenvalue weighted by atomic mass is 32.2. The highest BCUT2D eigenvalue weighted by Crippen LogP contribution is 2.23. The van der Waals surface area contributed by atoms with Gasteiger partial charge in [0, 0.05) is 44.2 Å². The summed E-state index contributed by atoms with van der Waals surface area (Å²) in [4.78, 5) is 7.00. The van der Waals surface area contributed by atoms with Crippen LogP contribution in [0.3, 0.4) is 0 Å². The zero-order chi connectivity index (χ0) is 21.3. The van der Waals surface area contributed by atoms with Crippen molar-refractivity contribution in [3.8, 4) is 0 Å². The first-order valence-electron chi connectivity index (χ1n) is 10.5. The number of benzene rings is 1. The molecule has 1 aromatic carbocycles. The average molecular weight is 425 g/mol. The van der Waals surface area contributed by atoms with Crippen LogP contribution in [0.2, 0.25) is 0 Å². The molecule has 1 aromatic rings. The lowest BCUT2D eigenvalue weighted by atomic mass is 9.97. The van der Waals surface area contributed by atoms with Crippen molar-refractivity contribution in [2.45, 2.75) is 45.7 Å².